The van der Waals surface area contributed by atoms with E-state index < -0.39 is 18.0 Å². The SMILES string of the molecule is Cc1cc(-c2ccccc2)c2cc(C)[cH-]c2c1.Cc1cc(-c2ccccc2)c2cc(C)[cH-]c2c1.[CH2-]c1ccccc1.[Si]=[Zr]([Cl])[Cl]. The summed E-state index contributed by atoms with van der Waals surface area (Å²) in [6.45, 7) is 15.4. The van der Waals surface area contributed by atoms with Crippen molar-refractivity contribution < 1.29 is 18.0 Å². The Bertz CT molecular complexity index is 1850. The second-order valence-electron chi connectivity index (χ2n) is 11.2. The summed E-state index contributed by atoms with van der Waals surface area (Å²) in [5.41, 5.74) is 11.7. The van der Waals surface area contributed by atoms with Crippen LogP contribution in [0.1, 0.15) is 27.8 Å². The van der Waals surface area contributed by atoms with Gasteiger partial charge in [0.1, 0.15) is 0 Å². The van der Waals surface area contributed by atoms with Crippen LogP contribution >= 0.6 is 17.0 Å². The molecule has 0 saturated carbocycles. The van der Waals surface area contributed by atoms with E-state index in [1.54, 1.807) is 0 Å². The maximum atomic E-state index is 5.15. The van der Waals surface area contributed by atoms with Crippen molar-refractivity contribution in [2.45, 2.75) is 27.7 Å². The number of hydrogen-bond donors (Lipinski definition) is 0. The molecular weight excluding hydrogens is 683 g/mol. The van der Waals surface area contributed by atoms with Crippen molar-refractivity contribution in [2.75, 3.05) is 0 Å². The molecule has 7 aromatic rings. The van der Waals surface area contributed by atoms with Gasteiger partial charge in [-0.1, -0.05) is 115 Å². The van der Waals surface area contributed by atoms with Crippen LogP contribution < -0.4 is 0 Å². The molecule has 0 aliphatic carbocycles. The molecule has 7 rings (SSSR count). The summed E-state index contributed by atoms with van der Waals surface area (Å²) in [4.78, 5) is 0. The first kappa shape index (κ1) is 34.7. The van der Waals surface area contributed by atoms with Gasteiger partial charge in [0, 0.05) is 0 Å². The van der Waals surface area contributed by atoms with Crippen molar-refractivity contribution in [2.24, 2.45) is 0 Å². The van der Waals surface area contributed by atoms with Gasteiger partial charge in [-0.25, -0.2) is 0 Å². The summed E-state index contributed by atoms with van der Waals surface area (Å²) in [7, 11) is 10.3. The number of aryl methyl sites for hydroxylation is 4. The number of hydrogen-bond acceptors (Lipinski definition) is 0. The fourth-order valence-corrected chi connectivity index (χ4v) is 5.43. The fraction of sp³-hybridized carbons (Fsp3) is 0.0976. The van der Waals surface area contributed by atoms with E-state index in [4.69, 9.17) is 17.0 Å². The van der Waals surface area contributed by atoms with Crippen LogP contribution in [0.15, 0.2) is 140 Å². The van der Waals surface area contributed by atoms with E-state index in [0.29, 0.717) is 0 Å². The number of fused-ring (bicyclic) bond motifs is 2. The van der Waals surface area contributed by atoms with Gasteiger partial charge in [0.25, 0.3) is 0 Å². The third-order valence-electron chi connectivity index (χ3n) is 7.24. The fourth-order valence-electron chi connectivity index (χ4n) is 5.43. The van der Waals surface area contributed by atoms with Crippen LogP contribution in [-0.2, 0) is 18.0 Å². The molecule has 0 aliphatic heterocycles. The van der Waals surface area contributed by atoms with Crippen LogP contribution in [0.5, 0.6) is 0 Å². The van der Waals surface area contributed by atoms with Crippen LogP contribution in [0.25, 0.3) is 43.8 Å². The second kappa shape index (κ2) is 17.0. The first-order chi connectivity index (χ1) is 21.6. The molecule has 0 atom stereocenters. The van der Waals surface area contributed by atoms with E-state index >= 15 is 0 Å². The van der Waals surface area contributed by atoms with E-state index in [2.05, 4.69) is 151 Å². The van der Waals surface area contributed by atoms with Gasteiger partial charge in [-0.15, -0.1) is 69.1 Å². The Hall–Kier alpha value is -3.13. The molecule has 0 aromatic heterocycles. The van der Waals surface area contributed by atoms with Gasteiger partial charge in [-0.2, -0.15) is 36.8 Å². The summed E-state index contributed by atoms with van der Waals surface area (Å²) in [6, 6.07) is 49.2. The van der Waals surface area contributed by atoms with E-state index in [-0.39, 0.29) is 0 Å². The Morgan fingerprint density at radius 1 is 0.533 bits per heavy atom. The van der Waals surface area contributed by atoms with E-state index in [1.165, 1.54) is 66.1 Å². The number of rotatable bonds is 2. The van der Waals surface area contributed by atoms with Crippen LogP contribution in [0, 0.1) is 34.6 Å². The first-order valence-corrected chi connectivity index (χ1v) is 25.3. The molecule has 0 bridgehead atoms. The summed E-state index contributed by atoms with van der Waals surface area (Å²) < 4.78 is 0. The molecule has 4 heteroatoms. The molecule has 226 valence electrons. The van der Waals surface area contributed by atoms with Crippen LogP contribution in [0.3, 0.4) is 0 Å². The molecule has 0 amide bonds. The maximum absolute atomic E-state index is 5.15. The van der Waals surface area contributed by atoms with Crippen molar-refractivity contribution in [3.05, 3.63) is 174 Å². The molecule has 2 radical (unpaired) electrons. The molecule has 0 spiro atoms. The molecule has 0 saturated heterocycles. The van der Waals surface area contributed by atoms with Crippen LogP contribution in [0.4, 0.5) is 0 Å². The van der Waals surface area contributed by atoms with Gasteiger partial charge in [0.2, 0.25) is 0 Å². The first-order valence-electron chi connectivity index (χ1n) is 14.8. The summed E-state index contributed by atoms with van der Waals surface area (Å²) >= 11 is -1.79. The van der Waals surface area contributed by atoms with Gasteiger partial charge in [-0.3, -0.25) is 0 Å². The van der Waals surface area contributed by atoms with Crippen molar-refractivity contribution in [1.82, 2.24) is 0 Å². The summed E-state index contributed by atoms with van der Waals surface area (Å²) in [6.07, 6.45) is 0. The van der Waals surface area contributed by atoms with Crippen LogP contribution in [-0.4, -0.2) is 6.88 Å². The normalized spacial score (nSPS) is 10.2. The zero-order valence-electron chi connectivity index (χ0n) is 26.2. The van der Waals surface area contributed by atoms with Crippen molar-refractivity contribution in [3.8, 4) is 22.3 Å². The Kier molecular flexibility index (Phi) is 13.1. The quantitative estimate of drug-likeness (QED) is 0.123. The predicted molar refractivity (Wildman–Crippen MR) is 197 cm³/mol. The third-order valence-corrected chi connectivity index (χ3v) is 7.24. The zero-order valence-corrected chi connectivity index (χ0v) is 31.2. The van der Waals surface area contributed by atoms with Gasteiger partial charge in [0.05, 0.1) is 0 Å². The Morgan fingerprint density at radius 3 is 1.18 bits per heavy atom. The molecule has 0 nitrogen and oxygen atoms in total. The van der Waals surface area contributed by atoms with Gasteiger partial charge < -0.3 is 0 Å². The zero-order chi connectivity index (χ0) is 32.3. The molecule has 0 aliphatic rings. The molecule has 0 fully saturated rings. The van der Waals surface area contributed by atoms with Crippen LogP contribution in [0.2, 0.25) is 0 Å². The van der Waals surface area contributed by atoms with Gasteiger partial charge in [0.15, 0.2) is 0 Å². The Labute approximate surface area is 285 Å². The molecule has 7 aromatic carbocycles. The predicted octanol–water partition coefficient (Wildman–Crippen LogP) is 12.5. The Morgan fingerprint density at radius 2 is 0.867 bits per heavy atom. The minimum absolute atomic E-state index is 1.07. The standard InChI is InChI=1S/2C17H15.C7H7.2ClH.Si.Zr/c2*1-12-8-15-9-13(2)11-17(15)16(10-12)14-6-4-3-5-7-14;1-7-5-3-2-4-6-7;;;;/h2*3-11H,1-2H3;2-6H,1H2;2*1H;;/q3*-1;;;;+2/p-2. The number of halogens is 2. The molecule has 0 heterocycles. The Balaban J connectivity index is 0.000000155. The van der Waals surface area contributed by atoms with E-state index in [0.717, 1.165) is 5.56 Å². The van der Waals surface area contributed by atoms with Gasteiger partial charge in [-0.05, 0) is 25.0 Å². The summed E-state index contributed by atoms with van der Waals surface area (Å²) in [5.74, 6) is 0. The number of benzene rings is 5. The van der Waals surface area contributed by atoms with Crippen molar-refractivity contribution >= 4 is 45.4 Å². The second-order valence-corrected chi connectivity index (χ2v) is 24.8. The molecular formula is C41H37Cl2SiZr-3. The minimum atomic E-state index is -1.79. The van der Waals surface area contributed by atoms with E-state index in [9.17, 15) is 0 Å². The summed E-state index contributed by atoms with van der Waals surface area (Å²) in [5, 5.41) is 5.42. The monoisotopic (exact) mass is 717 g/mol. The average molecular weight is 720 g/mol. The molecule has 0 unspecified atom stereocenters. The van der Waals surface area contributed by atoms with Crippen molar-refractivity contribution in [3.63, 3.8) is 0 Å². The average Bonchev–Trinajstić information content (AvgIpc) is 3.58. The molecule has 0 N–H and O–H groups in total. The van der Waals surface area contributed by atoms with Gasteiger partial charge >= 0.3 is 41.9 Å². The molecule has 45 heavy (non-hydrogen) atoms. The van der Waals surface area contributed by atoms with Crippen molar-refractivity contribution in [1.29, 1.82) is 0 Å². The van der Waals surface area contributed by atoms with E-state index in [1.807, 2.05) is 30.3 Å². The third kappa shape index (κ3) is 10.5. The topological polar surface area (TPSA) is 0 Å².